The number of carbonyl (C=O) groups is 1. The first-order valence-electron chi connectivity index (χ1n) is 5.51. The molecule has 0 aromatic carbocycles. The van der Waals surface area contributed by atoms with Crippen molar-refractivity contribution >= 4 is 6.03 Å². The largest absolute Gasteiger partial charge is 0.336 e. The lowest BCUT2D eigenvalue weighted by Gasteiger charge is -2.36. The van der Waals surface area contributed by atoms with E-state index in [0.717, 1.165) is 32.5 Å². The minimum Gasteiger partial charge on any atom is -0.336 e. The van der Waals surface area contributed by atoms with Crippen molar-refractivity contribution in [3.63, 3.8) is 0 Å². The first-order valence-corrected chi connectivity index (χ1v) is 5.51. The van der Waals surface area contributed by atoms with Gasteiger partial charge in [-0.05, 0) is 12.8 Å². The number of nitrogens with zero attached hydrogens (tertiary/aromatic N) is 1. The number of carbonyl (C=O) groups excluding carboxylic acids is 1. The Labute approximate surface area is 84.8 Å². The van der Waals surface area contributed by atoms with E-state index in [-0.39, 0.29) is 11.6 Å². The molecule has 0 aromatic heterocycles. The fourth-order valence-corrected chi connectivity index (χ4v) is 2.46. The number of rotatable bonds is 2. The van der Waals surface area contributed by atoms with E-state index in [1.165, 1.54) is 19.3 Å². The maximum atomic E-state index is 11.3. The van der Waals surface area contributed by atoms with Crippen molar-refractivity contribution in [2.24, 2.45) is 5.73 Å². The predicted octanol–water partition coefficient (Wildman–Crippen LogP) is 0.673. The molecule has 1 heterocycles. The van der Waals surface area contributed by atoms with Crippen LogP contribution in [0, 0.1) is 0 Å². The summed E-state index contributed by atoms with van der Waals surface area (Å²) in [5, 5.41) is 2.81. The molecule has 1 saturated heterocycles. The topological polar surface area (TPSA) is 58.4 Å². The molecule has 0 bridgehead atoms. The van der Waals surface area contributed by atoms with Crippen LogP contribution in [0.25, 0.3) is 0 Å². The first kappa shape index (κ1) is 9.77. The Hall–Kier alpha value is -0.770. The molecular weight excluding hydrogens is 178 g/mol. The Morgan fingerprint density at radius 2 is 2.07 bits per heavy atom. The van der Waals surface area contributed by atoms with E-state index >= 15 is 0 Å². The van der Waals surface area contributed by atoms with Crippen molar-refractivity contribution in [2.75, 3.05) is 19.6 Å². The normalized spacial score (nSPS) is 26.4. The van der Waals surface area contributed by atoms with Crippen LogP contribution < -0.4 is 11.1 Å². The van der Waals surface area contributed by atoms with E-state index < -0.39 is 0 Å². The maximum absolute atomic E-state index is 11.3. The molecule has 2 fully saturated rings. The highest BCUT2D eigenvalue weighted by Gasteiger charge is 2.32. The summed E-state index contributed by atoms with van der Waals surface area (Å²) in [6.07, 6.45) is 5.86. The van der Waals surface area contributed by atoms with Gasteiger partial charge in [-0.25, -0.2) is 4.79 Å². The van der Waals surface area contributed by atoms with Gasteiger partial charge in [0.1, 0.15) is 0 Å². The molecule has 0 atom stereocenters. The summed E-state index contributed by atoms with van der Waals surface area (Å²) in [6, 6.07) is 0.0559. The number of nitrogens with one attached hydrogen (secondary N) is 1. The van der Waals surface area contributed by atoms with E-state index in [4.69, 9.17) is 5.73 Å². The van der Waals surface area contributed by atoms with Crippen molar-refractivity contribution < 1.29 is 4.79 Å². The molecule has 3 N–H and O–H groups in total. The molecule has 2 aliphatic rings. The van der Waals surface area contributed by atoms with Crippen molar-refractivity contribution in [1.82, 2.24) is 10.2 Å². The van der Waals surface area contributed by atoms with Crippen LogP contribution in [-0.2, 0) is 0 Å². The molecule has 80 valence electrons. The quantitative estimate of drug-likeness (QED) is 0.683. The van der Waals surface area contributed by atoms with Crippen LogP contribution in [0.5, 0.6) is 0 Å². The Kier molecular flexibility index (Phi) is 2.63. The number of hydrogen-bond acceptors (Lipinski definition) is 2. The first-order chi connectivity index (χ1) is 6.70. The summed E-state index contributed by atoms with van der Waals surface area (Å²) in [5.41, 5.74) is 6.17. The lowest BCUT2D eigenvalue weighted by atomic mass is 9.82. The summed E-state index contributed by atoms with van der Waals surface area (Å²) < 4.78 is 0. The number of nitrogens with two attached hydrogens (primary N) is 1. The number of amides is 2. The van der Waals surface area contributed by atoms with Crippen LogP contribution >= 0.6 is 0 Å². The van der Waals surface area contributed by atoms with Gasteiger partial charge in [-0.2, -0.15) is 0 Å². The highest BCUT2D eigenvalue weighted by atomic mass is 16.2. The zero-order valence-corrected chi connectivity index (χ0v) is 8.59. The molecule has 1 aliphatic heterocycles. The second kappa shape index (κ2) is 3.77. The van der Waals surface area contributed by atoms with Crippen LogP contribution in [0.3, 0.4) is 0 Å². The highest BCUT2D eigenvalue weighted by Crippen LogP contribution is 2.26. The molecule has 1 aliphatic carbocycles. The Bertz CT molecular complexity index is 223. The Morgan fingerprint density at radius 3 is 2.64 bits per heavy atom. The molecule has 0 spiro atoms. The lowest BCUT2D eigenvalue weighted by molar-refractivity contribution is 0.185. The van der Waals surface area contributed by atoms with Crippen LogP contribution in [0.2, 0.25) is 0 Å². The summed E-state index contributed by atoms with van der Waals surface area (Å²) in [7, 11) is 0. The molecule has 2 rings (SSSR count). The average Bonchev–Trinajstić information content (AvgIpc) is 2.52. The fraction of sp³-hybridized carbons (Fsp3) is 0.900. The SMILES string of the molecule is NC1(CN2CCNC2=O)CCCCC1. The van der Waals surface area contributed by atoms with Gasteiger partial charge < -0.3 is 16.0 Å². The van der Waals surface area contributed by atoms with Gasteiger partial charge in [0.25, 0.3) is 0 Å². The predicted molar refractivity (Wildman–Crippen MR) is 55.0 cm³/mol. The van der Waals surface area contributed by atoms with Gasteiger partial charge in [0.05, 0.1) is 0 Å². The summed E-state index contributed by atoms with van der Waals surface area (Å²) in [5.74, 6) is 0. The average molecular weight is 197 g/mol. The van der Waals surface area contributed by atoms with Gasteiger partial charge in [-0.3, -0.25) is 0 Å². The van der Waals surface area contributed by atoms with Crippen molar-refractivity contribution in [1.29, 1.82) is 0 Å². The minimum absolute atomic E-state index is 0.0559. The van der Waals surface area contributed by atoms with E-state index in [9.17, 15) is 4.79 Å². The van der Waals surface area contributed by atoms with Gasteiger partial charge in [0.15, 0.2) is 0 Å². The molecule has 0 aromatic rings. The van der Waals surface area contributed by atoms with Crippen molar-refractivity contribution in [3.8, 4) is 0 Å². The molecule has 2 amide bonds. The maximum Gasteiger partial charge on any atom is 0.317 e. The molecule has 1 saturated carbocycles. The number of hydrogen-bond donors (Lipinski definition) is 2. The van der Waals surface area contributed by atoms with Crippen LogP contribution in [0.4, 0.5) is 4.79 Å². The summed E-state index contributed by atoms with van der Waals surface area (Å²) in [6.45, 7) is 2.32. The minimum atomic E-state index is -0.111. The van der Waals surface area contributed by atoms with E-state index in [2.05, 4.69) is 5.32 Å². The second-order valence-corrected chi connectivity index (χ2v) is 4.58. The Morgan fingerprint density at radius 1 is 1.36 bits per heavy atom. The molecule has 14 heavy (non-hydrogen) atoms. The molecule has 0 unspecified atom stereocenters. The van der Waals surface area contributed by atoms with Crippen LogP contribution in [0.15, 0.2) is 0 Å². The molecule has 4 nitrogen and oxygen atoms in total. The van der Waals surface area contributed by atoms with Gasteiger partial charge in [0, 0.05) is 25.2 Å². The summed E-state index contributed by atoms with van der Waals surface area (Å²) in [4.78, 5) is 13.2. The van der Waals surface area contributed by atoms with Gasteiger partial charge >= 0.3 is 6.03 Å². The third-order valence-electron chi connectivity index (χ3n) is 3.30. The lowest BCUT2D eigenvalue weighted by Crippen LogP contribution is -2.52. The smallest absolute Gasteiger partial charge is 0.317 e. The van der Waals surface area contributed by atoms with Crippen molar-refractivity contribution in [2.45, 2.75) is 37.6 Å². The van der Waals surface area contributed by atoms with Crippen LogP contribution in [0.1, 0.15) is 32.1 Å². The highest BCUT2D eigenvalue weighted by molar-refractivity contribution is 5.76. The molecule has 0 radical (unpaired) electrons. The third-order valence-corrected chi connectivity index (χ3v) is 3.30. The van der Waals surface area contributed by atoms with Crippen molar-refractivity contribution in [3.05, 3.63) is 0 Å². The summed E-state index contributed by atoms with van der Waals surface area (Å²) >= 11 is 0. The van der Waals surface area contributed by atoms with E-state index in [1.54, 1.807) is 0 Å². The second-order valence-electron chi connectivity index (χ2n) is 4.58. The zero-order chi connectivity index (χ0) is 10.0. The van der Waals surface area contributed by atoms with Crippen LogP contribution in [-0.4, -0.2) is 36.1 Å². The van der Waals surface area contributed by atoms with Gasteiger partial charge in [-0.15, -0.1) is 0 Å². The Balaban J connectivity index is 1.91. The molecular formula is C10H19N3O. The monoisotopic (exact) mass is 197 g/mol. The van der Waals surface area contributed by atoms with Gasteiger partial charge in [-0.1, -0.05) is 19.3 Å². The molecule has 4 heteroatoms. The van der Waals surface area contributed by atoms with Gasteiger partial charge in [0.2, 0.25) is 0 Å². The fourth-order valence-electron chi connectivity index (χ4n) is 2.46. The van der Waals surface area contributed by atoms with E-state index in [0.29, 0.717) is 0 Å². The number of urea groups is 1. The zero-order valence-electron chi connectivity index (χ0n) is 8.59. The standard InChI is InChI=1S/C10H19N3O/c11-10(4-2-1-3-5-10)8-13-7-6-12-9(13)14/h1-8,11H2,(H,12,14). The third kappa shape index (κ3) is 2.00. The van der Waals surface area contributed by atoms with E-state index in [1.807, 2.05) is 4.90 Å².